The van der Waals surface area contributed by atoms with Gasteiger partial charge < -0.3 is 14.2 Å². The van der Waals surface area contributed by atoms with E-state index >= 15 is 0 Å². The van der Waals surface area contributed by atoms with Crippen LogP contribution in [0.3, 0.4) is 0 Å². The molecule has 47 heavy (non-hydrogen) atoms. The fraction of sp³-hybridized carbons (Fsp3) is 0.576. The summed E-state index contributed by atoms with van der Waals surface area (Å²) < 4.78 is 133. The van der Waals surface area contributed by atoms with Crippen LogP contribution in [0.4, 0.5) is 39.5 Å². The van der Waals surface area contributed by atoms with Gasteiger partial charge >= 0.3 is 35.9 Å². The van der Waals surface area contributed by atoms with Crippen molar-refractivity contribution >= 4 is 11.9 Å². The van der Waals surface area contributed by atoms with E-state index in [4.69, 9.17) is 14.2 Å². The van der Waals surface area contributed by atoms with Gasteiger partial charge in [-0.15, -0.1) is 0 Å². The van der Waals surface area contributed by atoms with Gasteiger partial charge in [-0.3, -0.25) is 4.79 Å². The van der Waals surface area contributed by atoms with E-state index in [1.807, 2.05) is 6.92 Å². The number of benzene rings is 2. The van der Waals surface area contributed by atoms with E-state index in [9.17, 15) is 49.1 Å². The molecule has 0 radical (unpaired) electrons. The number of hydrogen-bond donors (Lipinski definition) is 0. The summed E-state index contributed by atoms with van der Waals surface area (Å²) in [5.41, 5.74) is 2.06. The number of aryl methyl sites for hydroxylation is 1. The van der Waals surface area contributed by atoms with Crippen LogP contribution < -0.4 is 9.47 Å². The number of ether oxygens (including phenoxy) is 3. The van der Waals surface area contributed by atoms with E-state index in [-0.39, 0.29) is 42.3 Å². The zero-order valence-electron chi connectivity index (χ0n) is 25.9. The molecule has 0 N–H and O–H groups in total. The van der Waals surface area contributed by atoms with E-state index in [0.717, 1.165) is 36.8 Å². The van der Waals surface area contributed by atoms with E-state index < -0.39 is 42.8 Å². The highest BCUT2D eigenvalue weighted by Gasteiger charge is 2.81. The summed E-state index contributed by atoms with van der Waals surface area (Å²) in [5, 5.41) is 0. The summed E-state index contributed by atoms with van der Waals surface area (Å²) in [7, 11) is 0. The molecule has 0 amide bonds. The second kappa shape index (κ2) is 15.6. The second-order valence-corrected chi connectivity index (χ2v) is 11.7. The second-order valence-electron chi connectivity index (χ2n) is 11.7. The molecule has 0 saturated carbocycles. The van der Waals surface area contributed by atoms with Crippen LogP contribution in [0, 0.1) is 5.92 Å². The summed E-state index contributed by atoms with van der Waals surface area (Å²) in [4.78, 5) is 25.3. The first-order valence-electron chi connectivity index (χ1n) is 15.4. The quantitative estimate of drug-likeness (QED) is 0.0763. The number of esters is 2. The van der Waals surface area contributed by atoms with Crippen LogP contribution in [0.2, 0.25) is 0 Å². The van der Waals surface area contributed by atoms with Crippen LogP contribution >= 0.6 is 0 Å². The topological polar surface area (TPSA) is 61.8 Å². The number of hydrogen-bond acceptors (Lipinski definition) is 5. The number of unbranched alkanes of at least 4 members (excludes halogenated alkanes) is 3. The molecule has 262 valence electrons. The van der Waals surface area contributed by atoms with Gasteiger partial charge in [0.15, 0.2) is 0 Å². The van der Waals surface area contributed by atoms with Gasteiger partial charge in [-0.05, 0) is 99.4 Å². The number of halogens is 9. The third-order valence-corrected chi connectivity index (χ3v) is 7.94. The highest BCUT2D eigenvalue weighted by molar-refractivity contribution is 5.91. The summed E-state index contributed by atoms with van der Waals surface area (Å²) in [5.74, 6) is -19.8. The minimum atomic E-state index is -6.91. The number of carbonyl (C=O) groups excluding carboxylic acids is 2. The Kier molecular flexibility index (Phi) is 12.6. The molecule has 0 spiro atoms. The molecule has 1 aliphatic rings. The van der Waals surface area contributed by atoms with Crippen molar-refractivity contribution in [2.75, 3.05) is 6.61 Å². The van der Waals surface area contributed by atoms with Gasteiger partial charge in [0.05, 0.1) is 24.2 Å². The highest BCUT2D eigenvalue weighted by atomic mass is 19.4. The minimum Gasteiger partial charge on any atom is -0.494 e. The summed E-state index contributed by atoms with van der Waals surface area (Å²) >= 11 is 0. The fourth-order valence-electron chi connectivity index (χ4n) is 5.09. The van der Waals surface area contributed by atoms with Gasteiger partial charge in [0.1, 0.15) is 11.5 Å². The fourth-order valence-corrected chi connectivity index (χ4v) is 5.09. The van der Waals surface area contributed by atoms with Crippen molar-refractivity contribution in [2.45, 2.75) is 108 Å². The summed E-state index contributed by atoms with van der Waals surface area (Å²) in [6.07, 6.45) is -4.34. The minimum absolute atomic E-state index is 0.135. The maximum atomic E-state index is 13.6. The monoisotopic (exact) mass is 684 g/mol. The molecule has 1 aliphatic carbocycles. The van der Waals surface area contributed by atoms with E-state index in [2.05, 4.69) is 6.92 Å². The van der Waals surface area contributed by atoms with Crippen LogP contribution in [0.1, 0.15) is 86.7 Å². The molecule has 0 fully saturated rings. The molecule has 0 saturated heterocycles. The zero-order chi connectivity index (χ0) is 35.0. The van der Waals surface area contributed by atoms with E-state index in [1.165, 1.54) is 24.3 Å². The Balaban J connectivity index is 1.45. The molecule has 14 heteroatoms. The maximum Gasteiger partial charge on any atom is 0.460 e. The predicted molar refractivity (Wildman–Crippen MR) is 153 cm³/mol. The van der Waals surface area contributed by atoms with Crippen molar-refractivity contribution in [3.05, 3.63) is 59.2 Å². The average Bonchev–Trinajstić information content (AvgIpc) is 3.00. The van der Waals surface area contributed by atoms with E-state index in [1.54, 1.807) is 18.2 Å². The lowest BCUT2D eigenvalue weighted by Gasteiger charge is -2.33. The molecule has 2 atom stereocenters. The first-order chi connectivity index (χ1) is 21.9. The maximum absolute atomic E-state index is 13.6. The van der Waals surface area contributed by atoms with Crippen molar-refractivity contribution in [3.8, 4) is 11.5 Å². The van der Waals surface area contributed by atoms with Gasteiger partial charge in [0, 0.05) is 6.42 Å². The normalized spacial score (nSPS) is 16.3. The summed E-state index contributed by atoms with van der Waals surface area (Å²) in [6.45, 7) is 3.67. The van der Waals surface area contributed by atoms with Gasteiger partial charge in [0.25, 0.3) is 0 Å². The molecule has 3 rings (SSSR count). The SMILES string of the molecule is CCCCC[C@H](C)OC(=O)C1CCc2cc(OC(=O)c3ccc(OCCCCC(F)(F)C(F)(F)C(F)(F)C(F)(F)F)cc3)ccc2C1. The average molecular weight is 685 g/mol. The lowest BCUT2D eigenvalue weighted by atomic mass is 9.84. The van der Waals surface area contributed by atoms with Gasteiger partial charge in [-0.1, -0.05) is 25.8 Å². The molecule has 0 bridgehead atoms. The molecule has 2 aromatic rings. The number of fused-ring (bicyclic) bond motifs is 1. The van der Waals surface area contributed by atoms with Crippen LogP contribution in [-0.4, -0.2) is 48.6 Å². The Morgan fingerprint density at radius 2 is 1.49 bits per heavy atom. The molecule has 1 unspecified atom stereocenters. The lowest BCUT2D eigenvalue weighted by molar-refractivity contribution is -0.396. The first kappa shape index (κ1) is 38.0. The number of alkyl halides is 9. The number of carbonyl (C=O) groups is 2. The molecule has 5 nitrogen and oxygen atoms in total. The van der Waals surface area contributed by atoms with E-state index in [0.29, 0.717) is 25.0 Å². The molecule has 0 aromatic heterocycles. The molecular formula is C33H37F9O5. The van der Waals surface area contributed by atoms with Crippen LogP contribution in [-0.2, 0) is 22.4 Å². The lowest BCUT2D eigenvalue weighted by Crippen LogP contribution is -2.60. The molecule has 0 aliphatic heterocycles. The Labute approximate surface area is 266 Å². The van der Waals surface area contributed by atoms with Crippen molar-refractivity contribution in [2.24, 2.45) is 5.92 Å². The smallest absolute Gasteiger partial charge is 0.460 e. The van der Waals surface area contributed by atoms with Crippen LogP contribution in [0.25, 0.3) is 0 Å². The predicted octanol–water partition coefficient (Wildman–Crippen LogP) is 9.54. The van der Waals surface area contributed by atoms with Gasteiger partial charge in [0.2, 0.25) is 0 Å². The Morgan fingerprint density at radius 3 is 2.13 bits per heavy atom. The van der Waals surface area contributed by atoms with Gasteiger partial charge in [-0.25, -0.2) is 4.79 Å². The van der Waals surface area contributed by atoms with Crippen molar-refractivity contribution in [1.82, 2.24) is 0 Å². The Bertz CT molecular complexity index is 1340. The van der Waals surface area contributed by atoms with Crippen molar-refractivity contribution in [1.29, 1.82) is 0 Å². The van der Waals surface area contributed by atoms with Crippen molar-refractivity contribution in [3.63, 3.8) is 0 Å². The zero-order valence-corrected chi connectivity index (χ0v) is 25.9. The molecule has 0 heterocycles. The Morgan fingerprint density at radius 1 is 0.830 bits per heavy atom. The highest BCUT2D eigenvalue weighted by Crippen LogP contribution is 2.54. The third kappa shape index (κ3) is 9.56. The largest absolute Gasteiger partial charge is 0.494 e. The number of rotatable bonds is 16. The standard InChI is InChI=1S/C33H37F9O5/c1-3-4-5-8-21(2)46-29(44)25-10-9-24-20-27(16-13-23(24)19-25)47-28(43)22-11-14-26(15-12-22)45-18-7-6-17-30(34,35)31(36,37)32(38,39)33(40,41)42/h11-16,20-21,25H,3-10,17-19H2,1-2H3/t21-,25?/m0/s1. The summed E-state index contributed by atoms with van der Waals surface area (Å²) in [6, 6.07) is 10.6. The van der Waals surface area contributed by atoms with Crippen LogP contribution in [0.5, 0.6) is 11.5 Å². The van der Waals surface area contributed by atoms with Crippen molar-refractivity contribution < 1.29 is 63.3 Å². The molecule has 2 aromatic carbocycles. The Hall–Kier alpha value is -3.45. The third-order valence-electron chi connectivity index (χ3n) is 7.94. The molecular weight excluding hydrogens is 647 g/mol. The van der Waals surface area contributed by atoms with Gasteiger partial charge in [-0.2, -0.15) is 39.5 Å². The first-order valence-corrected chi connectivity index (χ1v) is 15.4. The van der Waals surface area contributed by atoms with Crippen LogP contribution in [0.15, 0.2) is 42.5 Å².